The number of aromatic hydroxyl groups is 1. The van der Waals surface area contributed by atoms with Crippen LogP contribution in [0.25, 0.3) is 10.9 Å². The van der Waals surface area contributed by atoms with Crippen LogP contribution >= 0.6 is 23.2 Å². The maximum Gasteiger partial charge on any atom is 0.164 e. The number of pyridine rings is 2. The second-order valence-corrected chi connectivity index (χ2v) is 8.67. The summed E-state index contributed by atoms with van der Waals surface area (Å²) in [6.07, 6.45) is 2.07. The van der Waals surface area contributed by atoms with Crippen molar-refractivity contribution < 1.29 is 14.6 Å². The Morgan fingerprint density at radius 2 is 1.67 bits per heavy atom. The summed E-state index contributed by atoms with van der Waals surface area (Å²) in [6, 6.07) is 13.3. The summed E-state index contributed by atoms with van der Waals surface area (Å²) in [6.45, 7) is 3.79. The van der Waals surface area contributed by atoms with Gasteiger partial charge >= 0.3 is 0 Å². The molecule has 1 unspecified atom stereocenters. The number of hydrogen-bond donors (Lipinski definition) is 1. The first-order chi connectivity index (χ1) is 15.8. The van der Waals surface area contributed by atoms with Crippen LogP contribution in [-0.2, 0) is 6.42 Å². The highest BCUT2D eigenvalue weighted by atomic mass is 35.5. The van der Waals surface area contributed by atoms with Gasteiger partial charge in [0.25, 0.3) is 0 Å². The molecule has 0 bridgehead atoms. The van der Waals surface area contributed by atoms with Gasteiger partial charge in [0.1, 0.15) is 11.3 Å². The Labute approximate surface area is 202 Å². The molecule has 0 saturated heterocycles. The third kappa shape index (κ3) is 4.31. The van der Waals surface area contributed by atoms with E-state index >= 15 is 0 Å². The zero-order valence-electron chi connectivity index (χ0n) is 18.8. The molecular formula is C26H24Cl2N2O3. The molecule has 33 heavy (non-hydrogen) atoms. The Hall–Kier alpha value is -3.02. The summed E-state index contributed by atoms with van der Waals surface area (Å²) in [5.41, 5.74) is 4.37. The Balaban J connectivity index is 1.97. The lowest BCUT2D eigenvalue weighted by molar-refractivity contribution is 0.348. The summed E-state index contributed by atoms with van der Waals surface area (Å²) in [5.74, 6) is 1.02. The molecular weight excluding hydrogens is 459 g/mol. The molecule has 1 atom stereocenters. The molecule has 2 aromatic carbocycles. The molecule has 1 N–H and O–H groups in total. The molecule has 4 aromatic rings. The van der Waals surface area contributed by atoms with Crippen LogP contribution in [0.1, 0.15) is 34.0 Å². The number of methoxy groups -OCH3 is 2. The number of ether oxygens (including phenoxy) is 2. The number of halogens is 2. The van der Waals surface area contributed by atoms with Crippen molar-refractivity contribution in [3.8, 4) is 17.2 Å². The normalized spacial score (nSPS) is 12.1. The number of nitrogens with zero attached hydrogens (tertiary/aromatic N) is 2. The van der Waals surface area contributed by atoms with Crippen LogP contribution in [0, 0.1) is 13.8 Å². The van der Waals surface area contributed by atoms with Crippen molar-refractivity contribution in [3.05, 3.63) is 86.8 Å². The molecule has 0 radical (unpaired) electrons. The predicted molar refractivity (Wildman–Crippen MR) is 132 cm³/mol. The van der Waals surface area contributed by atoms with Gasteiger partial charge in [-0.3, -0.25) is 9.97 Å². The summed E-state index contributed by atoms with van der Waals surface area (Å²) in [4.78, 5) is 9.03. The fourth-order valence-electron chi connectivity index (χ4n) is 4.17. The molecule has 0 fully saturated rings. The van der Waals surface area contributed by atoms with E-state index in [9.17, 15) is 5.11 Å². The van der Waals surface area contributed by atoms with Crippen molar-refractivity contribution in [1.82, 2.24) is 9.97 Å². The van der Waals surface area contributed by atoms with Gasteiger partial charge in [0, 0.05) is 35.0 Å². The molecule has 170 valence electrons. The van der Waals surface area contributed by atoms with Gasteiger partial charge in [0.15, 0.2) is 11.5 Å². The molecule has 0 saturated carbocycles. The molecule has 0 amide bonds. The average molecular weight is 483 g/mol. The number of hydrogen-bond acceptors (Lipinski definition) is 5. The van der Waals surface area contributed by atoms with Gasteiger partial charge in [0.2, 0.25) is 0 Å². The van der Waals surface area contributed by atoms with Crippen molar-refractivity contribution in [1.29, 1.82) is 0 Å². The molecule has 0 aliphatic carbocycles. The van der Waals surface area contributed by atoms with E-state index in [1.54, 1.807) is 26.5 Å². The minimum Gasteiger partial charge on any atom is -0.505 e. The lowest BCUT2D eigenvalue weighted by Gasteiger charge is -2.24. The van der Waals surface area contributed by atoms with Gasteiger partial charge in [-0.05, 0) is 31.5 Å². The van der Waals surface area contributed by atoms with E-state index < -0.39 is 0 Å². The van der Waals surface area contributed by atoms with Crippen LogP contribution in [0.15, 0.2) is 48.7 Å². The Kier molecular flexibility index (Phi) is 6.63. The lowest BCUT2D eigenvalue weighted by atomic mass is 9.84. The third-order valence-corrected chi connectivity index (χ3v) is 6.56. The standard InChI is InChI=1S/C26H24Cl2N2O3/c1-14-7-9-18(26(33-4)25(14)32-3)19(12-22-21(28)13-20(27)15(2)30-22)17-10-8-16-6-5-11-29-23(16)24(17)31/h5-11,13,19,31H,12H2,1-4H3. The van der Waals surface area contributed by atoms with E-state index in [1.807, 2.05) is 50.2 Å². The van der Waals surface area contributed by atoms with Gasteiger partial charge in [-0.15, -0.1) is 0 Å². The summed E-state index contributed by atoms with van der Waals surface area (Å²) >= 11 is 12.8. The van der Waals surface area contributed by atoms with Crippen molar-refractivity contribution in [2.75, 3.05) is 14.2 Å². The number of rotatable bonds is 6. The Morgan fingerprint density at radius 3 is 2.39 bits per heavy atom. The first-order valence-electron chi connectivity index (χ1n) is 10.4. The second-order valence-electron chi connectivity index (χ2n) is 7.86. The van der Waals surface area contributed by atoms with Gasteiger partial charge in [-0.2, -0.15) is 0 Å². The SMILES string of the molecule is COc1c(C)ccc(C(Cc2nc(C)c(Cl)cc2Cl)c2ccc3cccnc3c2O)c1OC. The number of aryl methyl sites for hydroxylation is 2. The zero-order chi connectivity index (χ0) is 23.7. The fraction of sp³-hybridized carbons (Fsp3) is 0.231. The van der Waals surface area contributed by atoms with E-state index in [0.29, 0.717) is 50.4 Å². The Bertz CT molecular complexity index is 1340. The lowest BCUT2D eigenvalue weighted by Crippen LogP contribution is -2.11. The molecule has 0 aliphatic rings. The molecule has 2 aromatic heterocycles. The molecule has 0 aliphatic heterocycles. The first kappa shape index (κ1) is 23.1. The van der Waals surface area contributed by atoms with Crippen molar-refractivity contribution in [2.45, 2.75) is 26.2 Å². The quantitative estimate of drug-likeness (QED) is 0.333. The van der Waals surface area contributed by atoms with E-state index in [4.69, 9.17) is 32.7 Å². The van der Waals surface area contributed by atoms with Gasteiger partial charge in [0.05, 0.1) is 35.7 Å². The zero-order valence-corrected chi connectivity index (χ0v) is 20.3. The van der Waals surface area contributed by atoms with E-state index in [-0.39, 0.29) is 11.7 Å². The van der Waals surface area contributed by atoms with Crippen LogP contribution < -0.4 is 9.47 Å². The topological polar surface area (TPSA) is 64.5 Å². The van der Waals surface area contributed by atoms with E-state index in [1.165, 1.54) is 0 Å². The number of benzene rings is 2. The van der Waals surface area contributed by atoms with Crippen molar-refractivity contribution in [2.24, 2.45) is 0 Å². The largest absolute Gasteiger partial charge is 0.505 e. The second kappa shape index (κ2) is 9.46. The average Bonchev–Trinajstić information content (AvgIpc) is 2.81. The fourth-order valence-corrected chi connectivity index (χ4v) is 4.61. The maximum atomic E-state index is 11.3. The summed E-state index contributed by atoms with van der Waals surface area (Å²) in [5, 5.41) is 13.1. The van der Waals surface area contributed by atoms with E-state index in [2.05, 4.69) is 9.97 Å². The first-order valence-corrected chi connectivity index (χ1v) is 11.2. The summed E-state index contributed by atoms with van der Waals surface area (Å²) < 4.78 is 11.4. The van der Waals surface area contributed by atoms with Crippen LogP contribution in [0.3, 0.4) is 0 Å². The number of phenolic OH excluding ortho intramolecular Hbond substituents is 1. The minimum absolute atomic E-state index is 0.113. The molecule has 0 spiro atoms. The van der Waals surface area contributed by atoms with Gasteiger partial charge in [-0.1, -0.05) is 53.5 Å². The highest BCUT2D eigenvalue weighted by molar-refractivity contribution is 6.35. The Morgan fingerprint density at radius 1 is 0.939 bits per heavy atom. The molecule has 4 rings (SSSR count). The minimum atomic E-state index is -0.341. The van der Waals surface area contributed by atoms with E-state index in [0.717, 1.165) is 16.5 Å². The maximum absolute atomic E-state index is 11.3. The molecule has 2 heterocycles. The number of fused-ring (bicyclic) bond motifs is 1. The highest BCUT2D eigenvalue weighted by Crippen LogP contribution is 2.45. The van der Waals surface area contributed by atoms with Crippen LogP contribution in [-0.4, -0.2) is 29.3 Å². The predicted octanol–water partition coefficient (Wildman–Crippen LogP) is 6.65. The summed E-state index contributed by atoms with van der Waals surface area (Å²) in [7, 11) is 3.22. The van der Waals surface area contributed by atoms with Crippen LogP contribution in [0.4, 0.5) is 0 Å². The van der Waals surface area contributed by atoms with Crippen molar-refractivity contribution >= 4 is 34.1 Å². The molecule has 5 nitrogen and oxygen atoms in total. The molecule has 7 heteroatoms. The highest BCUT2D eigenvalue weighted by Gasteiger charge is 2.27. The number of phenols is 1. The third-order valence-electron chi connectivity index (χ3n) is 5.85. The van der Waals surface area contributed by atoms with Gasteiger partial charge in [-0.25, -0.2) is 0 Å². The van der Waals surface area contributed by atoms with Crippen LogP contribution in [0.2, 0.25) is 10.0 Å². The smallest absolute Gasteiger partial charge is 0.164 e. The van der Waals surface area contributed by atoms with Crippen molar-refractivity contribution in [3.63, 3.8) is 0 Å². The monoisotopic (exact) mass is 482 g/mol. The van der Waals surface area contributed by atoms with Crippen LogP contribution in [0.5, 0.6) is 17.2 Å². The number of aromatic nitrogens is 2. The van der Waals surface area contributed by atoms with Gasteiger partial charge < -0.3 is 14.6 Å².